The Kier molecular flexibility index (Phi) is 5.33. The van der Waals surface area contributed by atoms with E-state index in [4.69, 9.17) is 11.6 Å². The van der Waals surface area contributed by atoms with E-state index in [1.54, 1.807) is 12.1 Å². The van der Waals surface area contributed by atoms with Gasteiger partial charge in [-0.25, -0.2) is 0 Å². The number of rotatable bonds is 5. The third-order valence-electron chi connectivity index (χ3n) is 3.29. The van der Waals surface area contributed by atoms with Gasteiger partial charge in [0, 0.05) is 22.6 Å². The molecular formula is C15H14BrClN2O2. The van der Waals surface area contributed by atoms with Gasteiger partial charge >= 0.3 is 0 Å². The molecule has 1 unspecified atom stereocenters. The molecule has 0 heterocycles. The summed E-state index contributed by atoms with van der Waals surface area (Å²) in [6.45, 7) is 0. The van der Waals surface area contributed by atoms with Crippen LogP contribution in [0.15, 0.2) is 46.9 Å². The SMILES string of the molecule is CNC(Cc1ccc([N+](=O)[O-])cc1)c1cccc(Br)c1Cl. The van der Waals surface area contributed by atoms with E-state index in [-0.39, 0.29) is 11.7 Å². The number of halogens is 2. The van der Waals surface area contributed by atoms with Gasteiger partial charge in [0.1, 0.15) is 0 Å². The predicted octanol–water partition coefficient (Wildman–Crippen LogP) is 4.51. The van der Waals surface area contributed by atoms with Crippen molar-refractivity contribution in [2.75, 3.05) is 7.05 Å². The number of non-ortho nitro benzene ring substituents is 1. The van der Waals surface area contributed by atoms with E-state index >= 15 is 0 Å². The molecule has 0 aliphatic heterocycles. The maximum Gasteiger partial charge on any atom is 0.269 e. The standard InChI is InChI=1S/C15H14BrClN2O2/c1-18-14(12-3-2-4-13(16)15(12)17)9-10-5-7-11(8-6-10)19(20)21/h2-8,14,18H,9H2,1H3. The van der Waals surface area contributed by atoms with Gasteiger partial charge in [0.15, 0.2) is 0 Å². The number of nitrogens with zero attached hydrogens (tertiary/aromatic N) is 1. The minimum absolute atomic E-state index is 0.0384. The van der Waals surface area contributed by atoms with E-state index in [0.29, 0.717) is 11.4 Å². The quantitative estimate of drug-likeness (QED) is 0.623. The van der Waals surface area contributed by atoms with Crippen LogP contribution >= 0.6 is 27.5 Å². The highest BCUT2D eigenvalue weighted by Crippen LogP contribution is 2.31. The van der Waals surface area contributed by atoms with Crippen molar-refractivity contribution < 1.29 is 4.92 Å². The molecule has 21 heavy (non-hydrogen) atoms. The molecule has 0 spiro atoms. The first kappa shape index (κ1) is 15.9. The summed E-state index contributed by atoms with van der Waals surface area (Å²) < 4.78 is 0.852. The molecule has 1 atom stereocenters. The van der Waals surface area contributed by atoms with Crippen molar-refractivity contribution in [1.82, 2.24) is 5.32 Å². The van der Waals surface area contributed by atoms with Crippen LogP contribution in [-0.2, 0) is 6.42 Å². The summed E-state index contributed by atoms with van der Waals surface area (Å²) in [7, 11) is 1.87. The number of nitro benzene ring substituents is 1. The summed E-state index contributed by atoms with van der Waals surface area (Å²) in [5, 5.41) is 14.6. The molecule has 2 rings (SSSR count). The molecule has 4 nitrogen and oxygen atoms in total. The Morgan fingerprint density at radius 1 is 1.29 bits per heavy atom. The van der Waals surface area contributed by atoms with Gasteiger partial charge in [-0.05, 0) is 46.6 Å². The van der Waals surface area contributed by atoms with Crippen LogP contribution in [-0.4, -0.2) is 12.0 Å². The number of likely N-dealkylation sites (N-methyl/N-ethyl adjacent to an activating group) is 1. The summed E-state index contributed by atoms with van der Waals surface area (Å²) in [5.41, 5.74) is 2.10. The van der Waals surface area contributed by atoms with Crippen LogP contribution in [0.4, 0.5) is 5.69 Å². The lowest BCUT2D eigenvalue weighted by Gasteiger charge is -2.18. The van der Waals surface area contributed by atoms with Gasteiger partial charge in [-0.2, -0.15) is 0 Å². The molecule has 1 N–H and O–H groups in total. The molecule has 0 aliphatic carbocycles. The summed E-state index contributed by atoms with van der Waals surface area (Å²) in [6.07, 6.45) is 0.699. The second-order valence-corrected chi connectivity index (χ2v) is 5.84. The minimum atomic E-state index is -0.398. The van der Waals surface area contributed by atoms with Crippen molar-refractivity contribution in [3.8, 4) is 0 Å². The summed E-state index contributed by atoms with van der Waals surface area (Å²) in [4.78, 5) is 10.3. The van der Waals surface area contributed by atoms with Crippen LogP contribution in [0.1, 0.15) is 17.2 Å². The Hall–Kier alpha value is -1.43. The van der Waals surface area contributed by atoms with Crippen LogP contribution in [0.2, 0.25) is 5.02 Å². The smallest absolute Gasteiger partial charge is 0.269 e. The first-order chi connectivity index (χ1) is 10.0. The molecule has 0 radical (unpaired) electrons. The average molecular weight is 370 g/mol. The highest BCUT2D eigenvalue weighted by atomic mass is 79.9. The van der Waals surface area contributed by atoms with Gasteiger partial charge in [0.2, 0.25) is 0 Å². The molecule has 0 aromatic heterocycles. The number of nitro groups is 1. The minimum Gasteiger partial charge on any atom is -0.313 e. The van der Waals surface area contributed by atoms with Crippen molar-refractivity contribution in [3.05, 3.63) is 73.2 Å². The zero-order chi connectivity index (χ0) is 15.4. The Balaban J connectivity index is 2.23. The molecule has 0 amide bonds. The van der Waals surface area contributed by atoms with Gasteiger partial charge in [-0.1, -0.05) is 35.9 Å². The maximum atomic E-state index is 10.7. The van der Waals surface area contributed by atoms with Crippen molar-refractivity contribution in [3.63, 3.8) is 0 Å². The fraction of sp³-hybridized carbons (Fsp3) is 0.200. The maximum absolute atomic E-state index is 10.7. The van der Waals surface area contributed by atoms with E-state index < -0.39 is 4.92 Å². The molecule has 2 aromatic rings. The third-order valence-corrected chi connectivity index (χ3v) is 4.60. The lowest BCUT2D eigenvalue weighted by atomic mass is 9.99. The number of nitrogens with one attached hydrogen (secondary N) is 1. The normalized spacial score (nSPS) is 12.1. The van der Waals surface area contributed by atoms with E-state index in [1.165, 1.54) is 12.1 Å². The summed E-state index contributed by atoms with van der Waals surface area (Å²) in [6, 6.07) is 12.4. The van der Waals surface area contributed by atoms with Crippen molar-refractivity contribution >= 4 is 33.2 Å². The van der Waals surface area contributed by atoms with E-state index in [9.17, 15) is 10.1 Å². The molecular weight excluding hydrogens is 356 g/mol. The van der Waals surface area contributed by atoms with E-state index in [0.717, 1.165) is 15.6 Å². The summed E-state index contributed by atoms with van der Waals surface area (Å²) in [5.74, 6) is 0. The summed E-state index contributed by atoms with van der Waals surface area (Å²) >= 11 is 9.74. The van der Waals surface area contributed by atoms with Crippen molar-refractivity contribution in [2.24, 2.45) is 0 Å². The Morgan fingerprint density at radius 3 is 2.52 bits per heavy atom. The van der Waals surface area contributed by atoms with Gasteiger partial charge in [0.05, 0.1) is 9.95 Å². The van der Waals surface area contributed by atoms with E-state index in [1.807, 2.05) is 25.2 Å². The molecule has 0 bridgehead atoms. The second-order valence-electron chi connectivity index (χ2n) is 4.61. The van der Waals surface area contributed by atoms with Gasteiger partial charge < -0.3 is 5.32 Å². The van der Waals surface area contributed by atoms with Crippen molar-refractivity contribution in [2.45, 2.75) is 12.5 Å². The largest absolute Gasteiger partial charge is 0.313 e. The molecule has 0 aliphatic rings. The monoisotopic (exact) mass is 368 g/mol. The van der Waals surface area contributed by atoms with Gasteiger partial charge in [-0.15, -0.1) is 0 Å². The van der Waals surface area contributed by atoms with Crippen LogP contribution in [0, 0.1) is 10.1 Å². The lowest BCUT2D eigenvalue weighted by Crippen LogP contribution is -2.19. The van der Waals surface area contributed by atoms with Crippen LogP contribution < -0.4 is 5.32 Å². The Morgan fingerprint density at radius 2 is 1.95 bits per heavy atom. The zero-order valence-corrected chi connectivity index (χ0v) is 13.7. The Bertz CT molecular complexity index is 647. The molecule has 2 aromatic carbocycles. The molecule has 0 saturated heterocycles. The highest BCUT2D eigenvalue weighted by molar-refractivity contribution is 9.10. The second kappa shape index (κ2) is 7.02. The van der Waals surface area contributed by atoms with Gasteiger partial charge in [-0.3, -0.25) is 10.1 Å². The third kappa shape index (κ3) is 3.81. The fourth-order valence-corrected chi connectivity index (χ4v) is 2.79. The topological polar surface area (TPSA) is 55.2 Å². The first-order valence-corrected chi connectivity index (χ1v) is 7.54. The fourth-order valence-electron chi connectivity index (χ4n) is 2.15. The Labute approximate surface area is 136 Å². The molecule has 0 fully saturated rings. The van der Waals surface area contributed by atoms with E-state index in [2.05, 4.69) is 21.2 Å². The van der Waals surface area contributed by atoms with Crippen LogP contribution in [0.3, 0.4) is 0 Å². The molecule has 6 heteroatoms. The zero-order valence-electron chi connectivity index (χ0n) is 11.3. The highest BCUT2D eigenvalue weighted by Gasteiger charge is 2.15. The molecule has 0 saturated carbocycles. The van der Waals surface area contributed by atoms with Crippen LogP contribution in [0.25, 0.3) is 0 Å². The lowest BCUT2D eigenvalue weighted by molar-refractivity contribution is -0.384. The average Bonchev–Trinajstić information content (AvgIpc) is 2.48. The number of hydrogen-bond acceptors (Lipinski definition) is 3. The van der Waals surface area contributed by atoms with Crippen molar-refractivity contribution in [1.29, 1.82) is 0 Å². The first-order valence-electron chi connectivity index (χ1n) is 6.37. The van der Waals surface area contributed by atoms with Gasteiger partial charge in [0.25, 0.3) is 5.69 Å². The number of hydrogen-bond donors (Lipinski definition) is 1. The molecule has 110 valence electrons. The van der Waals surface area contributed by atoms with Crippen LogP contribution in [0.5, 0.6) is 0 Å². The number of benzene rings is 2. The predicted molar refractivity (Wildman–Crippen MR) is 87.8 cm³/mol.